The fourth-order valence-electron chi connectivity index (χ4n) is 2.57. The Hall–Kier alpha value is -2.04. The van der Waals surface area contributed by atoms with Crippen LogP contribution in [0.3, 0.4) is 0 Å². The molecule has 128 valence electrons. The summed E-state index contributed by atoms with van der Waals surface area (Å²) in [6.45, 7) is 3.52. The predicted molar refractivity (Wildman–Crippen MR) is 90.9 cm³/mol. The first-order chi connectivity index (χ1) is 11.4. The van der Waals surface area contributed by atoms with Gasteiger partial charge in [-0.15, -0.1) is 11.3 Å². The van der Waals surface area contributed by atoms with Crippen LogP contribution in [0.25, 0.3) is 0 Å². The monoisotopic (exact) mass is 368 g/mol. The van der Waals surface area contributed by atoms with Crippen LogP contribution >= 0.6 is 11.3 Å². The Morgan fingerprint density at radius 2 is 1.88 bits per heavy atom. The standard InChI is InChI=1S/C14H16N4O4S2/c1-11-10-15-14(23-11)16-6-8-17(9-7-16)24(21,22)13-5-3-2-4-12(13)18(19)20/h2-5,10H,6-9H2,1H3. The molecule has 0 saturated carbocycles. The first kappa shape index (κ1) is 16.8. The Morgan fingerprint density at radius 1 is 1.21 bits per heavy atom. The van der Waals surface area contributed by atoms with E-state index in [0.717, 1.165) is 10.0 Å². The second-order valence-corrected chi connectivity index (χ2v) is 8.49. The van der Waals surface area contributed by atoms with Crippen molar-refractivity contribution < 1.29 is 13.3 Å². The van der Waals surface area contributed by atoms with Crippen molar-refractivity contribution in [2.24, 2.45) is 0 Å². The van der Waals surface area contributed by atoms with Gasteiger partial charge in [0.1, 0.15) is 0 Å². The number of hydrogen-bond donors (Lipinski definition) is 0. The molecule has 0 radical (unpaired) electrons. The number of anilines is 1. The van der Waals surface area contributed by atoms with Crippen molar-refractivity contribution in [2.75, 3.05) is 31.1 Å². The van der Waals surface area contributed by atoms with Gasteiger partial charge in [0.15, 0.2) is 10.0 Å². The topological polar surface area (TPSA) is 96.7 Å². The molecule has 1 aromatic heterocycles. The molecule has 0 amide bonds. The van der Waals surface area contributed by atoms with Crippen molar-refractivity contribution in [3.63, 3.8) is 0 Å². The van der Waals surface area contributed by atoms with Gasteiger partial charge < -0.3 is 4.90 Å². The van der Waals surface area contributed by atoms with Crippen molar-refractivity contribution >= 4 is 32.2 Å². The van der Waals surface area contributed by atoms with Crippen LogP contribution in [0, 0.1) is 17.0 Å². The molecule has 0 spiro atoms. The largest absolute Gasteiger partial charge is 0.345 e. The Kier molecular flexibility index (Phi) is 4.52. The van der Waals surface area contributed by atoms with E-state index < -0.39 is 20.6 Å². The molecule has 8 nitrogen and oxygen atoms in total. The minimum Gasteiger partial charge on any atom is -0.345 e. The van der Waals surface area contributed by atoms with Crippen LogP contribution < -0.4 is 4.90 Å². The number of nitro benzene ring substituents is 1. The highest BCUT2D eigenvalue weighted by Crippen LogP contribution is 2.28. The van der Waals surface area contributed by atoms with E-state index in [1.807, 2.05) is 11.8 Å². The maximum Gasteiger partial charge on any atom is 0.289 e. The van der Waals surface area contributed by atoms with Gasteiger partial charge in [-0.3, -0.25) is 10.1 Å². The normalized spacial score (nSPS) is 16.3. The third kappa shape index (κ3) is 3.12. The zero-order valence-electron chi connectivity index (χ0n) is 13.0. The SMILES string of the molecule is Cc1cnc(N2CCN(S(=O)(=O)c3ccccc3[N+](=O)[O-])CC2)s1. The van der Waals surface area contributed by atoms with Crippen LogP contribution in [0.2, 0.25) is 0 Å². The Bertz CT molecular complexity index is 857. The number of rotatable bonds is 4. The molecule has 0 bridgehead atoms. The average molecular weight is 368 g/mol. The highest BCUT2D eigenvalue weighted by molar-refractivity contribution is 7.89. The zero-order valence-corrected chi connectivity index (χ0v) is 14.6. The molecule has 1 fully saturated rings. The second-order valence-electron chi connectivity index (χ2n) is 5.37. The summed E-state index contributed by atoms with van der Waals surface area (Å²) in [5.74, 6) is 0. The molecular formula is C14H16N4O4S2. The van der Waals surface area contributed by atoms with E-state index in [2.05, 4.69) is 4.98 Å². The summed E-state index contributed by atoms with van der Waals surface area (Å²) < 4.78 is 26.8. The average Bonchev–Trinajstić information content (AvgIpc) is 3.01. The summed E-state index contributed by atoms with van der Waals surface area (Å²) >= 11 is 1.56. The first-order valence-electron chi connectivity index (χ1n) is 7.30. The van der Waals surface area contributed by atoms with Crippen LogP contribution in [0.5, 0.6) is 0 Å². The molecule has 0 N–H and O–H groups in total. The summed E-state index contributed by atoms with van der Waals surface area (Å²) in [5, 5.41) is 12.0. The fraction of sp³-hybridized carbons (Fsp3) is 0.357. The highest BCUT2D eigenvalue weighted by Gasteiger charge is 2.33. The summed E-state index contributed by atoms with van der Waals surface area (Å²) in [4.78, 5) is 17.6. The van der Waals surface area contributed by atoms with Crippen molar-refractivity contribution in [1.29, 1.82) is 0 Å². The lowest BCUT2D eigenvalue weighted by Gasteiger charge is -2.33. The number of hydrogen-bond acceptors (Lipinski definition) is 7. The van der Waals surface area contributed by atoms with Gasteiger partial charge in [-0.25, -0.2) is 13.4 Å². The summed E-state index contributed by atoms with van der Waals surface area (Å²) in [5.41, 5.74) is -0.393. The molecule has 2 aromatic rings. The summed E-state index contributed by atoms with van der Waals surface area (Å²) in [6, 6.07) is 5.44. The second kappa shape index (κ2) is 6.46. The lowest BCUT2D eigenvalue weighted by atomic mass is 10.3. The number of thiazole rings is 1. The van der Waals surface area contributed by atoms with Crippen molar-refractivity contribution in [2.45, 2.75) is 11.8 Å². The van der Waals surface area contributed by atoms with Gasteiger partial charge >= 0.3 is 0 Å². The molecule has 1 saturated heterocycles. The number of para-hydroxylation sites is 1. The number of nitro groups is 1. The van der Waals surface area contributed by atoms with Gasteiger partial charge in [-0.2, -0.15) is 4.31 Å². The van der Waals surface area contributed by atoms with Crippen LogP contribution in [-0.4, -0.2) is 48.8 Å². The Labute approximate surface area is 143 Å². The Balaban J connectivity index is 1.79. The zero-order chi connectivity index (χ0) is 17.3. The van der Waals surface area contributed by atoms with E-state index in [9.17, 15) is 18.5 Å². The van der Waals surface area contributed by atoms with Crippen LogP contribution in [0.1, 0.15) is 4.88 Å². The quantitative estimate of drug-likeness (QED) is 0.604. The fourth-order valence-corrected chi connectivity index (χ4v) is 4.96. The number of aryl methyl sites for hydroxylation is 1. The van der Waals surface area contributed by atoms with E-state index >= 15 is 0 Å². The van der Waals surface area contributed by atoms with E-state index in [1.54, 1.807) is 17.5 Å². The summed E-state index contributed by atoms with van der Waals surface area (Å²) in [6.07, 6.45) is 1.79. The van der Waals surface area contributed by atoms with Crippen LogP contribution in [0.15, 0.2) is 35.4 Å². The molecule has 1 aliphatic heterocycles. The maximum absolute atomic E-state index is 12.7. The number of benzene rings is 1. The molecule has 3 rings (SSSR count). The molecule has 10 heteroatoms. The first-order valence-corrected chi connectivity index (χ1v) is 9.56. The highest BCUT2D eigenvalue weighted by atomic mass is 32.2. The van der Waals surface area contributed by atoms with Crippen molar-refractivity contribution in [3.05, 3.63) is 45.5 Å². The number of aromatic nitrogens is 1. The van der Waals surface area contributed by atoms with Gasteiger partial charge in [0, 0.05) is 43.3 Å². The van der Waals surface area contributed by atoms with E-state index in [4.69, 9.17) is 0 Å². The van der Waals surface area contributed by atoms with E-state index in [0.29, 0.717) is 13.1 Å². The summed E-state index contributed by atoms with van der Waals surface area (Å²) in [7, 11) is -3.89. The van der Waals surface area contributed by atoms with Crippen molar-refractivity contribution in [1.82, 2.24) is 9.29 Å². The molecule has 0 aliphatic carbocycles. The molecular weight excluding hydrogens is 352 g/mol. The van der Waals surface area contributed by atoms with Gasteiger partial charge in [0.25, 0.3) is 5.69 Å². The van der Waals surface area contributed by atoms with Gasteiger partial charge in [-0.1, -0.05) is 12.1 Å². The predicted octanol–water partition coefficient (Wildman–Crippen LogP) is 1.87. The van der Waals surface area contributed by atoms with E-state index in [1.165, 1.54) is 28.6 Å². The molecule has 1 aromatic carbocycles. The number of sulfonamides is 1. The lowest BCUT2D eigenvalue weighted by Crippen LogP contribution is -2.48. The van der Waals surface area contributed by atoms with Crippen LogP contribution in [0.4, 0.5) is 10.8 Å². The Morgan fingerprint density at radius 3 is 2.46 bits per heavy atom. The van der Waals surface area contributed by atoms with Gasteiger partial charge in [0.05, 0.1) is 4.92 Å². The number of nitrogens with zero attached hydrogens (tertiary/aromatic N) is 4. The van der Waals surface area contributed by atoms with Crippen molar-refractivity contribution in [3.8, 4) is 0 Å². The maximum atomic E-state index is 12.7. The lowest BCUT2D eigenvalue weighted by molar-refractivity contribution is -0.387. The number of piperazine rings is 1. The molecule has 1 aliphatic rings. The van der Waals surface area contributed by atoms with Gasteiger partial charge in [0.2, 0.25) is 10.0 Å². The molecule has 2 heterocycles. The minimum atomic E-state index is -3.89. The molecule has 0 atom stereocenters. The minimum absolute atomic E-state index is 0.256. The van der Waals surface area contributed by atoms with Crippen LogP contribution in [-0.2, 0) is 10.0 Å². The molecule has 0 unspecified atom stereocenters. The van der Waals surface area contributed by atoms with E-state index in [-0.39, 0.29) is 18.0 Å². The third-order valence-corrected chi connectivity index (χ3v) is 6.72. The molecule has 24 heavy (non-hydrogen) atoms. The smallest absolute Gasteiger partial charge is 0.289 e. The van der Waals surface area contributed by atoms with Gasteiger partial charge in [-0.05, 0) is 13.0 Å². The third-order valence-electron chi connectivity index (χ3n) is 3.80.